The van der Waals surface area contributed by atoms with Gasteiger partial charge in [0.2, 0.25) is 0 Å². The molecule has 5 rings (SSSR count). The molecule has 0 bridgehead atoms. The van der Waals surface area contributed by atoms with Crippen molar-refractivity contribution in [2.45, 2.75) is 0 Å². The number of carbonyl (C=O) groups is 1. The van der Waals surface area contributed by atoms with Crippen LogP contribution in [0.3, 0.4) is 0 Å². The summed E-state index contributed by atoms with van der Waals surface area (Å²) < 4.78 is 0. The molecule has 8 heteroatoms. The zero-order valence-electron chi connectivity index (χ0n) is 15.8. The van der Waals surface area contributed by atoms with Crippen molar-refractivity contribution < 1.29 is 4.79 Å². The van der Waals surface area contributed by atoms with E-state index in [0.29, 0.717) is 17.3 Å². The summed E-state index contributed by atoms with van der Waals surface area (Å²) >= 11 is 0. The summed E-state index contributed by atoms with van der Waals surface area (Å²) in [5.41, 5.74) is 10.4. The van der Waals surface area contributed by atoms with Crippen LogP contribution in [0.5, 0.6) is 0 Å². The predicted octanol–water partition coefficient (Wildman–Crippen LogP) is 3.86. The van der Waals surface area contributed by atoms with Crippen molar-refractivity contribution in [3.8, 4) is 22.5 Å². The van der Waals surface area contributed by atoms with Gasteiger partial charge in [0.1, 0.15) is 11.5 Å². The number of nitrogens with one attached hydrogen (secondary N) is 3. The molecule has 146 valence electrons. The van der Waals surface area contributed by atoms with Gasteiger partial charge in [0.25, 0.3) is 5.91 Å². The number of nitrogens with two attached hydrogens (primary N) is 1. The van der Waals surface area contributed by atoms with E-state index in [1.807, 2.05) is 54.7 Å². The maximum Gasteiger partial charge on any atom is 0.265 e. The van der Waals surface area contributed by atoms with Crippen LogP contribution >= 0.6 is 0 Å². The van der Waals surface area contributed by atoms with E-state index < -0.39 is 5.91 Å². The Morgan fingerprint density at radius 1 is 0.967 bits per heavy atom. The SMILES string of the molecule is NC(=O)c1cc2ccc(-c3nccc(Nc4ccc(-c5cn[nH]c5)cc4)n3)cc2[nH]1. The number of carbonyl (C=O) groups excluding carboxylic acids is 1. The van der Waals surface area contributed by atoms with Crippen LogP contribution in [0, 0.1) is 0 Å². The Morgan fingerprint density at radius 3 is 2.57 bits per heavy atom. The molecule has 0 saturated heterocycles. The number of rotatable bonds is 5. The van der Waals surface area contributed by atoms with E-state index in [0.717, 1.165) is 33.3 Å². The van der Waals surface area contributed by atoms with Gasteiger partial charge in [-0.15, -0.1) is 0 Å². The van der Waals surface area contributed by atoms with Crippen molar-refractivity contribution in [1.29, 1.82) is 0 Å². The summed E-state index contributed by atoms with van der Waals surface area (Å²) in [6.45, 7) is 0. The number of benzene rings is 2. The van der Waals surface area contributed by atoms with E-state index >= 15 is 0 Å². The molecule has 0 radical (unpaired) electrons. The lowest BCUT2D eigenvalue weighted by atomic mass is 10.1. The summed E-state index contributed by atoms with van der Waals surface area (Å²) in [6.07, 6.45) is 5.34. The Hall–Kier alpha value is -4.46. The van der Waals surface area contributed by atoms with Crippen molar-refractivity contribution in [1.82, 2.24) is 25.1 Å². The highest BCUT2D eigenvalue weighted by Gasteiger charge is 2.09. The van der Waals surface area contributed by atoms with Gasteiger partial charge in [-0.2, -0.15) is 5.10 Å². The second-order valence-electron chi connectivity index (χ2n) is 6.80. The van der Waals surface area contributed by atoms with Crippen molar-refractivity contribution in [3.05, 3.63) is 78.9 Å². The quantitative estimate of drug-likeness (QED) is 0.360. The summed E-state index contributed by atoms with van der Waals surface area (Å²) in [5, 5.41) is 11.0. The molecule has 3 aromatic heterocycles. The molecule has 30 heavy (non-hydrogen) atoms. The first-order valence-electron chi connectivity index (χ1n) is 9.28. The van der Waals surface area contributed by atoms with Gasteiger partial charge in [0, 0.05) is 40.1 Å². The van der Waals surface area contributed by atoms with E-state index in [1.54, 1.807) is 18.5 Å². The van der Waals surface area contributed by atoms with Gasteiger partial charge in [-0.05, 0) is 35.9 Å². The number of aromatic nitrogens is 5. The standard InChI is InChI=1S/C22H17N7O/c23-21(30)19-9-14-1-2-15(10-18(14)28-19)22-24-8-7-20(29-22)27-17-5-3-13(4-6-17)16-11-25-26-12-16/h1-12,28H,(H2,23,30)(H,25,26)(H,24,27,29). The first kappa shape index (κ1) is 17.6. The molecule has 5 N–H and O–H groups in total. The summed E-state index contributed by atoms with van der Waals surface area (Å²) in [7, 11) is 0. The molecule has 8 nitrogen and oxygen atoms in total. The van der Waals surface area contributed by atoms with Crippen LogP contribution in [0.25, 0.3) is 33.4 Å². The normalized spacial score (nSPS) is 10.9. The topological polar surface area (TPSA) is 125 Å². The number of anilines is 2. The van der Waals surface area contributed by atoms with Gasteiger partial charge >= 0.3 is 0 Å². The molecule has 0 unspecified atom stereocenters. The lowest BCUT2D eigenvalue weighted by molar-refractivity contribution is 0.0996. The Kier molecular flexibility index (Phi) is 4.21. The highest BCUT2D eigenvalue weighted by molar-refractivity contribution is 5.97. The number of hydrogen-bond donors (Lipinski definition) is 4. The maximum absolute atomic E-state index is 11.4. The van der Waals surface area contributed by atoms with E-state index in [4.69, 9.17) is 5.73 Å². The third kappa shape index (κ3) is 3.37. The van der Waals surface area contributed by atoms with Crippen molar-refractivity contribution in [2.24, 2.45) is 5.73 Å². The monoisotopic (exact) mass is 395 g/mol. The molecule has 3 heterocycles. The summed E-state index contributed by atoms with van der Waals surface area (Å²) in [5.74, 6) is 0.765. The number of nitrogens with zero attached hydrogens (tertiary/aromatic N) is 3. The first-order chi connectivity index (χ1) is 14.7. The molecule has 1 amide bonds. The van der Waals surface area contributed by atoms with E-state index in [9.17, 15) is 4.79 Å². The van der Waals surface area contributed by atoms with E-state index in [-0.39, 0.29) is 0 Å². The van der Waals surface area contributed by atoms with Crippen molar-refractivity contribution in [2.75, 3.05) is 5.32 Å². The van der Waals surface area contributed by atoms with Crippen LogP contribution in [-0.4, -0.2) is 31.1 Å². The predicted molar refractivity (Wildman–Crippen MR) is 115 cm³/mol. The number of fused-ring (bicyclic) bond motifs is 1. The lowest BCUT2D eigenvalue weighted by Gasteiger charge is -2.08. The third-order valence-corrected chi connectivity index (χ3v) is 4.79. The number of hydrogen-bond acceptors (Lipinski definition) is 5. The molecule has 0 saturated carbocycles. The Labute approximate surface area is 171 Å². The summed E-state index contributed by atoms with van der Waals surface area (Å²) in [6, 6.07) is 17.3. The van der Waals surface area contributed by atoms with E-state index in [1.165, 1.54) is 0 Å². The molecule has 0 fully saturated rings. The molecule has 0 aliphatic rings. The fourth-order valence-electron chi connectivity index (χ4n) is 3.27. The van der Waals surface area contributed by atoms with Crippen LogP contribution in [0.1, 0.15) is 10.5 Å². The van der Waals surface area contributed by atoms with Crippen LogP contribution < -0.4 is 11.1 Å². The van der Waals surface area contributed by atoms with Gasteiger partial charge in [0.05, 0.1) is 6.20 Å². The Balaban J connectivity index is 1.40. The van der Waals surface area contributed by atoms with E-state index in [2.05, 4.69) is 30.5 Å². The number of aromatic amines is 2. The van der Waals surface area contributed by atoms with Crippen molar-refractivity contribution >= 4 is 28.3 Å². The fourth-order valence-corrected chi connectivity index (χ4v) is 3.27. The third-order valence-electron chi connectivity index (χ3n) is 4.79. The van der Waals surface area contributed by atoms with Crippen LogP contribution in [0.4, 0.5) is 11.5 Å². The second kappa shape index (κ2) is 7.17. The van der Waals surface area contributed by atoms with Crippen LogP contribution in [0.15, 0.2) is 73.2 Å². The van der Waals surface area contributed by atoms with Gasteiger partial charge < -0.3 is 16.0 Å². The molecule has 0 aliphatic carbocycles. The fraction of sp³-hybridized carbons (Fsp3) is 0. The van der Waals surface area contributed by atoms with Gasteiger partial charge in [-0.25, -0.2) is 9.97 Å². The van der Waals surface area contributed by atoms with Gasteiger partial charge in [0.15, 0.2) is 5.82 Å². The first-order valence-corrected chi connectivity index (χ1v) is 9.28. The minimum absolute atomic E-state index is 0.373. The van der Waals surface area contributed by atoms with Crippen LogP contribution in [-0.2, 0) is 0 Å². The molecule has 0 aliphatic heterocycles. The van der Waals surface area contributed by atoms with Gasteiger partial charge in [-0.1, -0.05) is 24.3 Å². The summed E-state index contributed by atoms with van der Waals surface area (Å²) in [4.78, 5) is 23.4. The molecule has 2 aromatic carbocycles. The molecule has 0 atom stereocenters. The average molecular weight is 395 g/mol. The highest BCUT2D eigenvalue weighted by atomic mass is 16.1. The number of primary amides is 1. The van der Waals surface area contributed by atoms with Gasteiger partial charge in [-0.3, -0.25) is 9.89 Å². The molecule has 5 aromatic rings. The molecule has 0 spiro atoms. The Bertz CT molecular complexity index is 1340. The second-order valence-corrected chi connectivity index (χ2v) is 6.80. The maximum atomic E-state index is 11.4. The zero-order valence-corrected chi connectivity index (χ0v) is 15.8. The smallest absolute Gasteiger partial charge is 0.265 e. The molecular weight excluding hydrogens is 378 g/mol. The Morgan fingerprint density at radius 2 is 1.80 bits per heavy atom. The lowest BCUT2D eigenvalue weighted by Crippen LogP contribution is -2.10. The minimum atomic E-state index is -0.492. The van der Waals surface area contributed by atoms with Crippen LogP contribution in [0.2, 0.25) is 0 Å². The average Bonchev–Trinajstić information content (AvgIpc) is 3.44. The zero-order chi connectivity index (χ0) is 20.5. The minimum Gasteiger partial charge on any atom is -0.364 e. The largest absolute Gasteiger partial charge is 0.364 e. The number of H-pyrrole nitrogens is 2. The highest BCUT2D eigenvalue weighted by Crippen LogP contribution is 2.25. The molecular formula is C22H17N7O. The number of amides is 1. The van der Waals surface area contributed by atoms with Crippen molar-refractivity contribution in [3.63, 3.8) is 0 Å².